The van der Waals surface area contributed by atoms with Crippen LogP contribution in [0.25, 0.3) is 0 Å². The van der Waals surface area contributed by atoms with E-state index < -0.39 is 0 Å². The normalized spacial score (nSPS) is 14.6. The Kier molecular flexibility index (Phi) is 4.78. The number of thiophene rings is 1. The molecule has 0 saturated heterocycles. The Balaban J connectivity index is 2.38. The molecular weight excluding hydrogens is 208 g/mol. The molecule has 0 bridgehead atoms. The zero-order chi connectivity index (χ0) is 11.3. The largest absolute Gasteiger partial charge is 0.349 e. The highest BCUT2D eigenvalue weighted by Gasteiger charge is 2.12. The number of nitrogens with two attached hydrogens (primary N) is 1. The second-order valence-electron chi connectivity index (χ2n) is 3.85. The van der Waals surface area contributed by atoms with Crippen molar-refractivity contribution in [3.63, 3.8) is 0 Å². The Morgan fingerprint density at radius 2 is 2.33 bits per heavy atom. The average Bonchev–Trinajstić information content (AvgIpc) is 2.70. The molecule has 0 aliphatic rings. The molecule has 0 spiro atoms. The van der Waals surface area contributed by atoms with Crippen LogP contribution in [0.5, 0.6) is 0 Å². The molecule has 0 radical (unpaired) electrons. The van der Waals surface area contributed by atoms with Crippen molar-refractivity contribution in [3.05, 3.63) is 22.4 Å². The molecule has 3 N–H and O–H groups in total. The molecule has 0 saturated carbocycles. The summed E-state index contributed by atoms with van der Waals surface area (Å²) in [6.07, 6.45) is 0.506. The lowest BCUT2D eigenvalue weighted by Gasteiger charge is -2.14. The van der Waals surface area contributed by atoms with Crippen LogP contribution in [0.1, 0.15) is 31.2 Å². The summed E-state index contributed by atoms with van der Waals surface area (Å²) in [4.78, 5) is 12.7. The van der Waals surface area contributed by atoms with Gasteiger partial charge in [0.25, 0.3) is 0 Å². The zero-order valence-corrected chi connectivity index (χ0v) is 10.0. The van der Waals surface area contributed by atoms with Gasteiger partial charge >= 0.3 is 0 Å². The molecule has 0 aliphatic heterocycles. The monoisotopic (exact) mass is 226 g/mol. The molecule has 0 aromatic carbocycles. The van der Waals surface area contributed by atoms with Gasteiger partial charge in [-0.15, -0.1) is 11.3 Å². The van der Waals surface area contributed by atoms with Crippen LogP contribution in [0.15, 0.2) is 17.5 Å². The second-order valence-corrected chi connectivity index (χ2v) is 4.83. The van der Waals surface area contributed by atoms with Gasteiger partial charge in [0.05, 0.1) is 6.04 Å². The lowest BCUT2D eigenvalue weighted by Crippen LogP contribution is -2.29. The molecule has 84 valence electrons. The van der Waals surface area contributed by atoms with Gasteiger partial charge in [0, 0.05) is 11.3 Å². The van der Waals surface area contributed by atoms with Crippen molar-refractivity contribution in [3.8, 4) is 0 Å². The predicted molar refractivity (Wildman–Crippen MR) is 63.7 cm³/mol. The topological polar surface area (TPSA) is 55.1 Å². The van der Waals surface area contributed by atoms with Gasteiger partial charge in [0.1, 0.15) is 0 Å². The van der Waals surface area contributed by atoms with Crippen LogP contribution in [0.3, 0.4) is 0 Å². The maximum Gasteiger partial charge on any atom is 0.220 e. The number of nitrogens with one attached hydrogen (secondary N) is 1. The lowest BCUT2D eigenvalue weighted by atomic mass is 10.1. The molecule has 2 atom stereocenters. The predicted octanol–water partition coefficient (Wildman–Crippen LogP) is 1.91. The van der Waals surface area contributed by atoms with Gasteiger partial charge in [-0.05, 0) is 30.8 Å². The molecular formula is C11H18N2OS. The SMILES string of the molecule is CC(CN)CC(=O)N[C@@H](C)c1cccs1. The van der Waals surface area contributed by atoms with Crippen molar-refractivity contribution in [2.45, 2.75) is 26.3 Å². The standard InChI is InChI=1S/C11H18N2OS/c1-8(7-12)6-11(14)13-9(2)10-4-3-5-15-10/h3-5,8-9H,6-7,12H2,1-2H3,(H,13,14)/t8?,9-/m0/s1. The number of carbonyl (C=O) groups is 1. The Morgan fingerprint density at radius 3 is 2.87 bits per heavy atom. The van der Waals surface area contributed by atoms with E-state index in [2.05, 4.69) is 5.32 Å². The summed E-state index contributed by atoms with van der Waals surface area (Å²) >= 11 is 1.66. The third-order valence-corrected chi connectivity index (χ3v) is 3.34. The maximum absolute atomic E-state index is 11.6. The molecule has 4 heteroatoms. The summed E-state index contributed by atoms with van der Waals surface area (Å²) in [7, 11) is 0. The van der Waals surface area contributed by atoms with Gasteiger partial charge < -0.3 is 11.1 Å². The van der Waals surface area contributed by atoms with Gasteiger partial charge in [-0.3, -0.25) is 4.79 Å². The second kappa shape index (κ2) is 5.88. The van der Waals surface area contributed by atoms with Crippen LogP contribution in [0.2, 0.25) is 0 Å². The number of hydrogen-bond acceptors (Lipinski definition) is 3. The van der Waals surface area contributed by atoms with Crippen molar-refractivity contribution in [2.75, 3.05) is 6.54 Å². The average molecular weight is 226 g/mol. The third kappa shape index (κ3) is 4.01. The number of rotatable bonds is 5. The van der Waals surface area contributed by atoms with Gasteiger partial charge in [0.2, 0.25) is 5.91 Å². The summed E-state index contributed by atoms with van der Waals surface area (Å²) in [5.74, 6) is 0.328. The highest BCUT2D eigenvalue weighted by Crippen LogP contribution is 2.18. The van der Waals surface area contributed by atoms with Gasteiger partial charge in [-0.25, -0.2) is 0 Å². The Hall–Kier alpha value is -0.870. The fourth-order valence-electron chi connectivity index (χ4n) is 1.31. The van der Waals surface area contributed by atoms with E-state index in [1.54, 1.807) is 11.3 Å². The number of carbonyl (C=O) groups excluding carboxylic acids is 1. The van der Waals surface area contributed by atoms with Crippen LogP contribution < -0.4 is 11.1 Å². The summed E-state index contributed by atoms with van der Waals surface area (Å²) < 4.78 is 0. The minimum absolute atomic E-state index is 0.0776. The van der Waals surface area contributed by atoms with E-state index in [-0.39, 0.29) is 17.9 Å². The van der Waals surface area contributed by atoms with E-state index in [0.717, 1.165) is 0 Å². The molecule has 1 heterocycles. The number of hydrogen-bond donors (Lipinski definition) is 2. The maximum atomic E-state index is 11.6. The van der Waals surface area contributed by atoms with E-state index in [4.69, 9.17) is 5.73 Å². The van der Waals surface area contributed by atoms with Gasteiger partial charge in [0.15, 0.2) is 0 Å². The Bertz CT molecular complexity index is 298. The Labute approximate surface area is 94.7 Å². The lowest BCUT2D eigenvalue weighted by molar-refractivity contribution is -0.122. The van der Waals surface area contributed by atoms with Crippen LogP contribution >= 0.6 is 11.3 Å². The van der Waals surface area contributed by atoms with Crippen LogP contribution in [-0.2, 0) is 4.79 Å². The molecule has 15 heavy (non-hydrogen) atoms. The molecule has 1 amide bonds. The van der Waals surface area contributed by atoms with E-state index >= 15 is 0 Å². The highest BCUT2D eigenvalue weighted by molar-refractivity contribution is 7.10. The van der Waals surface area contributed by atoms with E-state index in [1.165, 1.54) is 4.88 Å². The summed E-state index contributed by atoms with van der Waals surface area (Å²) in [5.41, 5.74) is 5.47. The van der Waals surface area contributed by atoms with Crippen molar-refractivity contribution in [2.24, 2.45) is 11.7 Å². The molecule has 1 rings (SSSR count). The first-order valence-electron chi connectivity index (χ1n) is 5.16. The first kappa shape index (κ1) is 12.2. The van der Waals surface area contributed by atoms with E-state index in [1.807, 2.05) is 31.4 Å². The quantitative estimate of drug-likeness (QED) is 0.806. The molecule has 1 aromatic rings. The van der Waals surface area contributed by atoms with E-state index in [9.17, 15) is 4.79 Å². The summed E-state index contributed by atoms with van der Waals surface area (Å²) in [6.45, 7) is 4.53. The molecule has 1 aromatic heterocycles. The molecule has 3 nitrogen and oxygen atoms in total. The summed E-state index contributed by atoms with van der Waals surface area (Å²) in [6, 6.07) is 4.12. The first-order chi connectivity index (χ1) is 7.13. The Morgan fingerprint density at radius 1 is 1.60 bits per heavy atom. The van der Waals surface area contributed by atoms with Crippen molar-refractivity contribution < 1.29 is 4.79 Å². The van der Waals surface area contributed by atoms with Crippen molar-refractivity contribution in [1.82, 2.24) is 5.32 Å². The summed E-state index contributed by atoms with van der Waals surface area (Å²) in [5, 5.41) is 4.98. The van der Waals surface area contributed by atoms with Crippen molar-refractivity contribution in [1.29, 1.82) is 0 Å². The first-order valence-corrected chi connectivity index (χ1v) is 6.04. The number of amides is 1. The molecule has 1 unspecified atom stereocenters. The van der Waals surface area contributed by atoms with Crippen LogP contribution in [-0.4, -0.2) is 12.5 Å². The fourth-order valence-corrected chi connectivity index (χ4v) is 2.04. The van der Waals surface area contributed by atoms with E-state index in [0.29, 0.717) is 13.0 Å². The highest BCUT2D eigenvalue weighted by atomic mass is 32.1. The van der Waals surface area contributed by atoms with Gasteiger partial charge in [-0.1, -0.05) is 13.0 Å². The fraction of sp³-hybridized carbons (Fsp3) is 0.545. The zero-order valence-electron chi connectivity index (χ0n) is 9.19. The van der Waals surface area contributed by atoms with Crippen LogP contribution in [0.4, 0.5) is 0 Å². The third-order valence-electron chi connectivity index (χ3n) is 2.28. The molecule has 0 aliphatic carbocycles. The van der Waals surface area contributed by atoms with Gasteiger partial charge in [-0.2, -0.15) is 0 Å². The van der Waals surface area contributed by atoms with Crippen molar-refractivity contribution >= 4 is 17.2 Å². The minimum atomic E-state index is 0.0776. The van der Waals surface area contributed by atoms with Crippen LogP contribution in [0, 0.1) is 5.92 Å². The minimum Gasteiger partial charge on any atom is -0.349 e. The molecule has 0 fully saturated rings. The smallest absolute Gasteiger partial charge is 0.220 e.